The molecule has 2 aromatic rings. The number of aryl methyl sites for hydroxylation is 1. The molecule has 0 aliphatic carbocycles. The van der Waals surface area contributed by atoms with Gasteiger partial charge in [0.1, 0.15) is 28.5 Å². The SMILES string of the molecule is CCCc1cc(/C=C/C(=O)c2ccc(O)cc2)c(OC(C)(C)C)cc1OC(C)(C)C. The molecule has 0 radical (unpaired) electrons. The van der Waals surface area contributed by atoms with E-state index in [0.29, 0.717) is 11.3 Å². The van der Waals surface area contributed by atoms with Crippen molar-refractivity contribution < 1.29 is 19.4 Å². The molecule has 0 atom stereocenters. The Bertz CT molecular complexity index is 894. The molecule has 0 saturated heterocycles. The third kappa shape index (κ3) is 7.25. The third-order valence-electron chi connectivity index (χ3n) is 4.11. The molecule has 0 amide bonds. The van der Waals surface area contributed by atoms with Crippen LogP contribution in [0, 0.1) is 0 Å². The fourth-order valence-electron chi connectivity index (χ4n) is 2.95. The van der Waals surface area contributed by atoms with E-state index in [0.717, 1.165) is 29.7 Å². The van der Waals surface area contributed by atoms with E-state index in [1.807, 2.05) is 53.7 Å². The molecular weight excluding hydrogens is 376 g/mol. The van der Waals surface area contributed by atoms with Crippen LogP contribution in [0.15, 0.2) is 42.5 Å². The van der Waals surface area contributed by atoms with Gasteiger partial charge in [-0.3, -0.25) is 4.79 Å². The van der Waals surface area contributed by atoms with E-state index in [1.54, 1.807) is 18.2 Å². The lowest BCUT2D eigenvalue weighted by molar-refractivity contribution is 0.104. The Balaban J connectivity index is 2.47. The second kappa shape index (κ2) is 9.38. The molecule has 1 N–H and O–H groups in total. The molecule has 4 heteroatoms. The van der Waals surface area contributed by atoms with Crippen molar-refractivity contribution in [3.05, 3.63) is 59.2 Å². The second-order valence-electron chi connectivity index (χ2n) is 9.42. The molecule has 0 aliphatic heterocycles. The quantitative estimate of drug-likeness (QED) is 0.413. The Hall–Kier alpha value is -2.75. The van der Waals surface area contributed by atoms with E-state index in [4.69, 9.17) is 9.47 Å². The summed E-state index contributed by atoms with van der Waals surface area (Å²) >= 11 is 0. The summed E-state index contributed by atoms with van der Waals surface area (Å²) in [5.74, 6) is 1.49. The number of carbonyl (C=O) groups is 1. The number of phenolic OH excluding ortho intramolecular Hbond substituents is 1. The maximum Gasteiger partial charge on any atom is 0.185 e. The maximum atomic E-state index is 12.6. The van der Waals surface area contributed by atoms with Crippen LogP contribution in [-0.2, 0) is 6.42 Å². The monoisotopic (exact) mass is 410 g/mol. The van der Waals surface area contributed by atoms with Gasteiger partial charge in [0.2, 0.25) is 0 Å². The van der Waals surface area contributed by atoms with Gasteiger partial charge in [0, 0.05) is 17.2 Å². The molecule has 0 saturated carbocycles. The number of benzene rings is 2. The molecule has 0 unspecified atom stereocenters. The van der Waals surface area contributed by atoms with E-state index in [-0.39, 0.29) is 17.1 Å². The maximum absolute atomic E-state index is 12.6. The first kappa shape index (κ1) is 23.5. The van der Waals surface area contributed by atoms with E-state index in [2.05, 4.69) is 6.92 Å². The van der Waals surface area contributed by atoms with Crippen LogP contribution in [0.25, 0.3) is 6.08 Å². The van der Waals surface area contributed by atoms with Crippen molar-refractivity contribution >= 4 is 11.9 Å². The van der Waals surface area contributed by atoms with Crippen molar-refractivity contribution in [3.63, 3.8) is 0 Å². The fourth-order valence-corrected chi connectivity index (χ4v) is 2.95. The van der Waals surface area contributed by atoms with Gasteiger partial charge in [0.15, 0.2) is 5.78 Å². The topological polar surface area (TPSA) is 55.8 Å². The van der Waals surface area contributed by atoms with Gasteiger partial charge < -0.3 is 14.6 Å². The van der Waals surface area contributed by atoms with Crippen LogP contribution in [0.4, 0.5) is 0 Å². The van der Waals surface area contributed by atoms with Crippen molar-refractivity contribution in [3.8, 4) is 17.2 Å². The Morgan fingerprint density at radius 1 is 0.933 bits per heavy atom. The summed E-state index contributed by atoms with van der Waals surface area (Å²) in [5, 5.41) is 9.42. The molecule has 4 nitrogen and oxygen atoms in total. The summed E-state index contributed by atoms with van der Waals surface area (Å²) < 4.78 is 12.4. The van der Waals surface area contributed by atoms with Crippen LogP contribution in [-0.4, -0.2) is 22.1 Å². The van der Waals surface area contributed by atoms with Crippen LogP contribution in [0.2, 0.25) is 0 Å². The van der Waals surface area contributed by atoms with Gasteiger partial charge in [-0.15, -0.1) is 0 Å². The highest BCUT2D eigenvalue weighted by Crippen LogP contribution is 2.35. The Labute approximate surface area is 180 Å². The van der Waals surface area contributed by atoms with Gasteiger partial charge in [-0.05, 0) is 96.0 Å². The average molecular weight is 411 g/mol. The van der Waals surface area contributed by atoms with Gasteiger partial charge in [0.05, 0.1) is 0 Å². The number of rotatable bonds is 7. The summed E-state index contributed by atoms with van der Waals surface area (Å²) in [6, 6.07) is 10.2. The highest BCUT2D eigenvalue weighted by Gasteiger charge is 2.20. The Kier molecular flexibility index (Phi) is 7.35. The highest BCUT2D eigenvalue weighted by molar-refractivity contribution is 6.07. The number of hydrogen-bond donors (Lipinski definition) is 1. The molecule has 0 aliphatic rings. The minimum atomic E-state index is -0.394. The average Bonchev–Trinajstić information content (AvgIpc) is 2.60. The smallest absolute Gasteiger partial charge is 0.185 e. The Morgan fingerprint density at radius 3 is 2.03 bits per heavy atom. The number of hydrogen-bond acceptors (Lipinski definition) is 4. The van der Waals surface area contributed by atoms with E-state index in [1.165, 1.54) is 18.2 Å². The van der Waals surface area contributed by atoms with Gasteiger partial charge in [0.25, 0.3) is 0 Å². The lowest BCUT2D eigenvalue weighted by Gasteiger charge is -2.27. The van der Waals surface area contributed by atoms with Gasteiger partial charge >= 0.3 is 0 Å². The number of allylic oxidation sites excluding steroid dienone is 1. The fraction of sp³-hybridized carbons (Fsp3) is 0.423. The molecule has 0 bridgehead atoms. The molecule has 2 aromatic carbocycles. The van der Waals surface area contributed by atoms with Crippen molar-refractivity contribution in [1.82, 2.24) is 0 Å². The van der Waals surface area contributed by atoms with Crippen LogP contribution < -0.4 is 9.47 Å². The van der Waals surface area contributed by atoms with Crippen LogP contribution >= 0.6 is 0 Å². The normalized spacial score (nSPS) is 12.2. The van der Waals surface area contributed by atoms with Crippen LogP contribution in [0.3, 0.4) is 0 Å². The standard InChI is InChI=1S/C26H34O4/c1-8-9-19-16-20(12-15-22(28)18-10-13-21(27)14-11-18)24(30-26(5,6)7)17-23(19)29-25(2,3)4/h10-17,27H,8-9H2,1-7H3/b15-12+. The zero-order chi connectivity index (χ0) is 22.5. The van der Waals surface area contributed by atoms with Gasteiger partial charge in [-0.1, -0.05) is 13.3 Å². The summed E-state index contributed by atoms with van der Waals surface area (Å²) in [7, 11) is 0. The van der Waals surface area contributed by atoms with Crippen molar-refractivity contribution in [2.24, 2.45) is 0 Å². The van der Waals surface area contributed by atoms with Crippen LogP contribution in [0.5, 0.6) is 17.2 Å². The zero-order valence-corrected chi connectivity index (χ0v) is 19.2. The lowest BCUT2D eigenvalue weighted by atomic mass is 10.0. The third-order valence-corrected chi connectivity index (χ3v) is 4.11. The largest absolute Gasteiger partial charge is 0.508 e. The molecule has 0 aromatic heterocycles. The lowest BCUT2D eigenvalue weighted by Crippen LogP contribution is -2.25. The summed E-state index contributed by atoms with van der Waals surface area (Å²) in [6.45, 7) is 14.2. The Morgan fingerprint density at radius 2 is 1.50 bits per heavy atom. The molecule has 2 rings (SSSR count). The summed E-state index contributed by atoms with van der Waals surface area (Å²) in [5.41, 5.74) is 1.72. The van der Waals surface area contributed by atoms with Gasteiger partial charge in [-0.2, -0.15) is 0 Å². The van der Waals surface area contributed by atoms with Crippen molar-refractivity contribution in [2.45, 2.75) is 72.5 Å². The minimum Gasteiger partial charge on any atom is -0.508 e. The zero-order valence-electron chi connectivity index (χ0n) is 19.2. The first-order chi connectivity index (χ1) is 13.9. The number of carbonyl (C=O) groups excluding carboxylic acids is 1. The predicted molar refractivity (Wildman–Crippen MR) is 123 cm³/mol. The second-order valence-corrected chi connectivity index (χ2v) is 9.42. The number of ether oxygens (including phenoxy) is 2. The van der Waals surface area contributed by atoms with E-state index in [9.17, 15) is 9.90 Å². The minimum absolute atomic E-state index is 0.134. The molecule has 0 heterocycles. The van der Waals surface area contributed by atoms with Crippen molar-refractivity contribution in [1.29, 1.82) is 0 Å². The van der Waals surface area contributed by atoms with Crippen molar-refractivity contribution in [2.75, 3.05) is 0 Å². The molecular formula is C26H34O4. The molecule has 162 valence electrons. The van der Waals surface area contributed by atoms with E-state index < -0.39 is 5.60 Å². The van der Waals surface area contributed by atoms with Gasteiger partial charge in [-0.25, -0.2) is 0 Å². The number of aromatic hydroxyl groups is 1. The van der Waals surface area contributed by atoms with E-state index >= 15 is 0 Å². The molecule has 0 spiro atoms. The molecule has 30 heavy (non-hydrogen) atoms. The first-order valence-electron chi connectivity index (χ1n) is 10.4. The number of ketones is 1. The highest BCUT2D eigenvalue weighted by atomic mass is 16.5. The predicted octanol–water partition coefficient (Wildman–Crippen LogP) is 6.60. The van der Waals surface area contributed by atoms with Crippen LogP contribution in [0.1, 0.15) is 76.4 Å². The molecule has 0 fully saturated rings. The first-order valence-corrected chi connectivity index (χ1v) is 10.4. The summed E-state index contributed by atoms with van der Waals surface area (Å²) in [6.07, 6.45) is 5.18. The summed E-state index contributed by atoms with van der Waals surface area (Å²) in [4.78, 5) is 12.6. The number of phenols is 1.